The van der Waals surface area contributed by atoms with Gasteiger partial charge in [-0.1, -0.05) is 47.3 Å². The van der Waals surface area contributed by atoms with E-state index in [1.54, 1.807) is 0 Å². The minimum atomic E-state index is -3.63. The average molecular weight is 530 g/mol. The van der Waals surface area contributed by atoms with E-state index in [1.807, 2.05) is 0 Å². The Kier molecular flexibility index (Phi) is 46.1. The average Bonchev–Trinajstić information content (AvgIpc) is 2.57. The SMILES string of the molecule is CCCCCCCC/C=C\CCCCCCC[CH2][Ni+].O=[PH]([O-])O.O=[PH]([O-])[O-].[Ni+2]. The molecule has 0 fully saturated rings. The molecule has 10 heteroatoms. The van der Waals surface area contributed by atoms with Crippen molar-refractivity contribution in [1.29, 1.82) is 0 Å². The first-order chi connectivity index (χ1) is 12.9. The predicted molar refractivity (Wildman–Crippen MR) is 104 cm³/mol. The third-order valence-corrected chi connectivity index (χ3v) is 3.97. The van der Waals surface area contributed by atoms with Gasteiger partial charge in [0, 0.05) is 0 Å². The Labute approximate surface area is 191 Å². The molecule has 0 aliphatic rings. The van der Waals surface area contributed by atoms with E-state index < -0.39 is 16.5 Å². The van der Waals surface area contributed by atoms with Crippen molar-refractivity contribution in [2.75, 3.05) is 0 Å². The van der Waals surface area contributed by atoms with Gasteiger partial charge >= 0.3 is 107 Å². The van der Waals surface area contributed by atoms with Crippen LogP contribution in [-0.4, -0.2) is 4.89 Å². The Hall–Kier alpha value is 1.03. The summed E-state index contributed by atoms with van der Waals surface area (Å²) in [5, 5.41) is 0.987. The molecule has 0 spiro atoms. The van der Waals surface area contributed by atoms with E-state index in [-0.39, 0.29) is 16.5 Å². The van der Waals surface area contributed by atoms with E-state index >= 15 is 0 Å². The molecule has 0 saturated heterocycles. The van der Waals surface area contributed by atoms with Gasteiger partial charge < -0.3 is 28.7 Å². The first kappa shape index (κ1) is 36.4. The molecule has 0 aliphatic carbocycles. The molecule has 0 saturated carbocycles. The first-order valence-electron chi connectivity index (χ1n) is 9.82. The van der Waals surface area contributed by atoms with E-state index in [1.165, 1.54) is 89.9 Å². The standard InChI is InChI=1S/C18H35.2Ni.2H3O3P/c1-3-5-7-9-11-13-15-17-18-16-14-12-10-8-6-4-2;;;2*1-4(2)3/h17-18H,1,3-16H2,2H3;;;2*4H,(H2,1,2,3)/q;+1;+2;;/p-3/b18-17-;;;;. The minimum Gasteiger partial charge on any atom is -0.813 e. The molecule has 1 unspecified atom stereocenters. The first-order valence-corrected chi connectivity index (χ1v) is 13.0. The molecule has 0 radical (unpaired) electrons. The fourth-order valence-corrected chi connectivity index (χ4v) is 2.57. The van der Waals surface area contributed by atoms with Gasteiger partial charge in [-0.25, -0.2) is 0 Å². The minimum absolute atomic E-state index is 0. The number of hydrogen-bond donors (Lipinski definition) is 1. The number of hydrogen-bond acceptors (Lipinski definition) is 5. The van der Waals surface area contributed by atoms with Gasteiger partial charge in [0.25, 0.3) is 0 Å². The molecule has 0 bridgehead atoms. The van der Waals surface area contributed by atoms with Gasteiger partial charge in [0.2, 0.25) is 0 Å². The van der Waals surface area contributed by atoms with Gasteiger partial charge in [0.1, 0.15) is 8.25 Å². The van der Waals surface area contributed by atoms with Gasteiger partial charge in [-0.15, -0.1) is 0 Å². The molecule has 0 aromatic rings. The third kappa shape index (κ3) is 63.1. The molecular formula is C18H38Ni2O6P2. The van der Waals surface area contributed by atoms with Crippen molar-refractivity contribution in [3.05, 3.63) is 12.2 Å². The number of unbranched alkanes of at least 4 members (excludes halogenated alkanes) is 12. The van der Waals surface area contributed by atoms with Crippen LogP contribution in [-0.2, 0) is 41.1 Å². The molecule has 28 heavy (non-hydrogen) atoms. The van der Waals surface area contributed by atoms with Crippen LogP contribution in [0.1, 0.15) is 96.8 Å². The van der Waals surface area contributed by atoms with Crippen molar-refractivity contribution in [3.63, 3.8) is 0 Å². The second-order valence-electron chi connectivity index (χ2n) is 6.11. The smallest absolute Gasteiger partial charge is 0.813 e. The van der Waals surface area contributed by atoms with Crippen LogP contribution >= 0.6 is 16.5 Å². The maximum Gasteiger partial charge on any atom is 2.00 e. The van der Waals surface area contributed by atoms with Crippen molar-refractivity contribution in [2.45, 2.75) is 102 Å². The molecule has 0 heterocycles. The summed E-state index contributed by atoms with van der Waals surface area (Å²) in [7, 11) is -7.01. The van der Waals surface area contributed by atoms with E-state index in [2.05, 4.69) is 34.5 Å². The summed E-state index contributed by atoms with van der Waals surface area (Å²) >= 11 is 4.68. The molecule has 1 atom stereocenters. The van der Waals surface area contributed by atoms with Crippen LogP contribution in [0.15, 0.2) is 12.2 Å². The van der Waals surface area contributed by atoms with Crippen LogP contribution in [0.3, 0.4) is 0 Å². The molecule has 1 N–H and O–H groups in total. The van der Waals surface area contributed by atoms with Crippen LogP contribution in [0.4, 0.5) is 0 Å². The Bertz CT molecular complexity index is 328. The van der Waals surface area contributed by atoms with Gasteiger partial charge in [-0.05, 0) is 0 Å². The second kappa shape index (κ2) is 35.5. The maximum absolute atomic E-state index is 8.63. The summed E-state index contributed by atoms with van der Waals surface area (Å²) in [5.41, 5.74) is 0. The topological polar surface area (TPSA) is 124 Å². The van der Waals surface area contributed by atoms with Crippen LogP contribution in [0.2, 0.25) is 5.39 Å². The van der Waals surface area contributed by atoms with E-state index in [0.717, 1.165) is 5.39 Å². The Morgan fingerprint density at radius 3 is 1.36 bits per heavy atom. The molecule has 0 aromatic heterocycles. The molecule has 176 valence electrons. The van der Waals surface area contributed by atoms with Gasteiger partial charge in [-0.3, -0.25) is 0 Å². The van der Waals surface area contributed by atoms with Crippen LogP contribution in [0, 0.1) is 0 Å². The van der Waals surface area contributed by atoms with Gasteiger partial charge in [0.05, 0.1) is 0 Å². The monoisotopic (exact) mass is 528 g/mol. The molecule has 6 nitrogen and oxygen atoms in total. The van der Waals surface area contributed by atoms with Gasteiger partial charge in [-0.2, -0.15) is 0 Å². The van der Waals surface area contributed by atoms with Crippen LogP contribution in [0.5, 0.6) is 0 Å². The summed E-state index contributed by atoms with van der Waals surface area (Å²) in [4.78, 5) is 32.7. The largest absolute Gasteiger partial charge is 2.00 e. The van der Waals surface area contributed by atoms with Crippen molar-refractivity contribution in [3.8, 4) is 0 Å². The zero-order valence-electron chi connectivity index (χ0n) is 16.9. The normalized spacial score (nSPS) is 11.3. The summed E-state index contributed by atoms with van der Waals surface area (Å²) in [5.74, 6) is 0. The zero-order chi connectivity index (χ0) is 21.2. The summed E-state index contributed by atoms with van der Waals surface area (Å²) in [6.45, 7) is 2.28. The molecule has 0 aromatic carbocycles. The molecule has 0 rings (SSSR count). The summed E-state index contributed by atoms with van der Waals surface area (Å²) in [6, 6.07) is 0. The molecule has 0 aliphatic heterocycles. The van der Waals surface area contributed by atoms with Gasteiger partial charge in [0.15, 0.2) is 0 Å². The van der Waals surface area contributed by atoms with Crippen molar-refractivity contribution in [1.82, 2.24) is 0 Å². The quantitative estimate of drug-likeness (QED) is 0.149. The zero-order valence-corrected chi connectivity index (χ0v) is 20.9. The Morgan fingerprint density at radius 1 is 0.750 bits per heavy atom. The number of rotatable bonds is 15. The second-order valence-corrected chi connectivity index (χ2v) is 7.64. The fraction of sp³-hybridized carbons (Fsp3) is 0.889. The Balaban J connectivity index is -0.000000270. The van der Waals surface area contributed by atoms with Crippen molar-refractivity contribution >= 4 is 16.5 Å². The van der Waals surface area contributed by atoms with E-state index in [9.17, 15) is 0 Å². The summed E-state index contributed by atoms with van der Waals surface area (Å²) < 4.78 is 17.1. The predicted octanol–water partition coefficient (Wildman–Crippen LogP) is 3.81. The number of allylic oxidation sites excluding steroid dienone is 2. The third-order valence-electron chi connectivity index (χ3n) is 3.62. The summed E-state index contributed by atoms with van der Waals surface area (Å²) in [6.07, 6.45) is 24.1. The fourth-order valence-electron chi connectivity index (χ4n) is 2.33. The van der Waals surface area contributed by atoms with Crippen molar-refractivity contribution < 1.29 is 60.7 Å². The van der Waals surface area contributed by atoms with Crippen LogP contribution in [0.25, 0.3) is 0 Å². The van der Waals surface area contributed by atoms with E-state index in [4.69, 9.17) is 28.7 Å². The molecular weight excluding hydrogens is 492 g/mol. The molecule has 0 amide bonds. The van der Waals surface area contributed by atoms with Crippen LogP contribution < -0.4 is 14.7 Å². The maximum atomic E-state index is 8.63. The Morgan fingerprint density at radius 2 is 1.04 bits per heavy atom. The van der Waals surface area contributed by atoms with Crippen molar-refractivity contribution in [2.24, 2.45) is 0 Å². The van der Waals surface area contributed by atoms with E-state index in [0.29, 0.717) is 0 Å².